The topological polar surface area (TPSA) is 51.2 Å². The van der Waals surface area contributed by atoms with Crippen molar-refractivity contribution in [3.63, 3.8) is 0 Å². The van der Waals surface area contributed by atoms with E-state index < -0.39 is 7.14 Å². The lowest BCUT2D eigenvalue weighted by molar-refractivity contribution is 0.0990. The van der Waals surface area contributed by atoms with Gasteiger partial charge in [-0.3, -0.25) is 9.59 Å². The van der Waals surface area contributed by atoms with Gasteiger partial charge in [-0.2, -0.15) is 0 Å². The molecule has 0 fully saturated rings. The molecule has 26 heavy (non-hydrogen) atoms. The third kappa shape index (κ3) is 2.49. The highest BCUT2D eigenvalue weighted by Gasteiger charge is 2.39. The molecule has 3 aromatic carbocycles. The molecule has 1 aliphatic carbocycles. The summed E-state index contributed by atoms with van der Waals surface area (Å²) in [7, 11) is -3.46. The summed E-state index contributed by atoms with van der Waals surface area (Å²) in [6.45, 7) is 0. The van der Waals surface area contributed by atoms with Gasteiger partial charge >= 0.3 is 0 Å². The Bertz CT molecular complexity index is 1040. The van der Waals surface area contributed by atoms with Gasteiger partial charge < -0.3 is 4.57 Å². The summed E-state index contributed by atoms with van der Waals surface area (Å²) < 4.78 is 14.3. The number of hydrogen-bond donors (Lipinski definition) is 0. The van der Waals surface area contributed by atoms with Crippen molar-refractivity contribution < 1.29 is 14.2 Å². The van der Waals surface area contributed by atoms with Crippen LogP contribution in [0.3, 0.4) is 0 Å². The Kier molecular flexibility index (Phi) is 4.02. The lowest BCUT2D eigenvalue weighted by Crippen LogP contribution is -2.25. The quantitative estimate of drug-likeness (QED) is 0.666. The van der Waals surface area contributed by atoms with Crippen molar-refractivity contribution in [3.05, 3.63) is 107 Å². The fourth-order valence-corrected chi connectivity index (χ4v) is 5.98. The van der Waals surface area contributed by atoms with E-state index in [0.717, 1.165) is 0 Å². The molecule has 0 atom stereocenters. The van der Waals surface area contributed by atoms with Crippen molar-refractivity contribution in [2.75, 3.05) is 0 Å². The average molecular weight is 358 g/mol. The molecule has 0 saturated carbocycles. The SMILES string of the molecule is O=C1C=C(P(=O)(c2ccccc2)c2ccccc2)C(=O)c2ccccc21. The van der Waals surface area contributed by atoms with Gasteiger partial charge in [-0.25, -0.2) is 0 Å². The van der Waals surface area contributed by atoms with E-state index in [1.807, 2.05) is 12.1 Å². The van der Waals surface area contributed by atoms with E-state index in [4.69, 9.17) is 0 Å². The van der Waals surface area contributed by atoms with Gasteiger partial charge in [0.05, 0.1) is 5.31 Å². The second-order valence-corrected chi connectivity index (χ2v) is 8.78. The zero-order valence-electron chi connectivity index (χ0n) is 13.8. The van der Waals surface area contributed by atoms with E-state index in [-0.39, 0.29) is 16.9 Å². The predicted octanol–water partition coefficient (Wildman–Crippen LogP) is 3.96. The maximum atomic E-state index is 14.3. The van der Waals surface area contributed by atoms with Crippen molar-refractivity contribution in [1.82, 2.24) is 0 Å². The van der Waals surface area contributed by atoms with Crippen LogP contribution in [0.2, 0.25) is 0 Å². The highest BCUT2D eigenvalue weighted by Crippen LogP contribution is 2.54. The molecule has 0 N–H and O–H groups in total. The minimum atomic E-state index is -3.46. The summed E-state index contributed by atoms with van der Waals surface area (Å²) in [6, 6.07) is 24.4. The zero-order valence-corrected chi connectivity index (χ0v) is 14.7. The summed E-state index contributed by atoms with van der Waals surface area (Å²) in [5, 5.41) is 1.15. The Morgan fingerprint density at radius 3 is 1.58 bits per heavy atom. The molecule has 4 heteroatoms. The summed E-state index contributed by atoms with van der Waals surface area (Å²) in [5.74, 6) is -0.640. The summed E-state index contributed by atoms with van der Waals surface area (Å²) in [6.07, 6.45) is 1.26. The molecular formula is C22H15O3P. The van der Waals surface area contributed by atoms with Crippen molar-refractivity contribution in [2.45, 2.75) is 0 Å². The van der Waals surface area contributed by atoms with Crippen LogP contribution in [0.5, 0.6) is 0 Å². The lowest BCUT2D eigenvalue weighted by Gasteiger charge is -2.24. The first-order chi connectivity index (χ1) is 12.6. The number of Topliss-reactive ketones (excluding diaryl/α,β-unsaturated/α-hetero) is 1. The maximum Gasteiger partial charge on any atom is 0.198 e. The van der Waals surface area contributed by atoms with Gasteiger partial charge in [0.2, 0.25) is 0 Å². The van der Waals surface area contributed by atoms with E-state index in [9.17, 15) is 14.2 Å². The molecule has 0 saturated heterocycles. The number of ketones is 2. The Hall–Kier alpha value is -3.03. The number of carbonyl (C=O) groups excluding carboxylic acids is 2. The first kappa shape index (κ1) is 16.4. The number of benzene rings is 3. The second kappa shape index (κ2) is 6.36. The van der Waals surface area contributed by atoms with E-state index in [2.05, 4.69) is 0 Å². The molecule has 0 radical (unpaired) electrons. The van der Waals surface area contributed by atoms with Gasteiger partial charge in [-0.05, 0) is 0 Å². The molecule has 3 nitrogen and oxygen atoms in total. The molecule has 3 aromatic rings. The molecule has 126 valence electrons. The van der Waals surface area contributed by atoms with Crippen LogP contribution in [0.1, 0.15) is 20.7 Å². The molecule has 0 aromatic heterocycles. The van der Waals surface area contributed by atoms with Crippen LogP contribution in [0, 0.1) is 0 Å². The number of allylic oxidation sites excluding steroid dienone is 2. The van der Waals surface area contributed by atoms with Gasteiger partial charge in [0.1, 0.15) is 0 Å². The van der Waals surface area contributed by atoms with Crippen LogP contribution in [0.4, 0.5) is 0 Å². The van der Waals surface area contributed by atoms with Gasteiger partial charge in [0.25, 0.3) is 0 Å². The molecular weight excluding hydrogens is 343 g/mol. The third-order valence-electron chi connectivity index (χ3n) is 4.52. The Labute approximate surface area is 151 Å². The normalized spacial score (nSPS) is 13.9. The van der Waals surface area contributed by atoms with Crippen LogP contribution in [-0.2, 0) is 4.57 Å². The third-order valence-corrected chi connectivity index (χ3v) is 7.58. The van der Waals surface area contributed by atoms with Gasteiger partial charge in [-0.15, -0.1) is 0 Å². The van der Waals surface area contributed by atoms with Gasteiger partial charge in [0.15, 0.2) is 18.7 Å². The van der Waals surface area contributed by atoms with Crippen molar-refractivity contribution in [1.29, 1.82) is 0 Å². The Balaban J connectivity index is 1.99. The van der Waals surface area contributed by atoms with E-state index in [0.29, 0.717) is 21.7 Å². The fourth-order valence-electron chi connectivity index (χ4n) is 3.24. The molecule has 0 heterocycles. The standard InChI is InChI=1S/C22H15O3P/c23-20-15-21(22(24)19-14-8-7-13-18(19)20)26(25,16-9-3-1-4-10-16)17-11-5-2-6-12-17/h1-15H. The molecule has 0 unspecified atom stereocenters. The van der Waals surface area contributed by atoms with Crippen LogP contribution in [0.15, 0.2) is 96.3 Å². The number of carbonyl (C=O) groups is 2. The summed E-state index contributed by atoms with van der Waals surface area (Å²) in [5.41, 5.74) is 0.663. The molecule has 0 spiro atoms. The molecule has 4 rings (SSSR count). The zero-order chi connectivity index (χ0) is 18.1. The van der Waals surface area contributed by atoms with Gasteiger partial charge in [-0.1, -0.05) is 84.9 Å². The van der Waals surface area contributed by atoms with Crippen molar-refractivity contribution in [2.24, 2.45) is 0 Å². The first-order valence-corrected chi connectivity index (χ1v) is 9.94. The summed E-state index contributed by atoms with van der Waals surface area (Å²) in [4.78, 5) is 25.8. The maximum absolute atomic E-state index is 14.3. The van der Waals surface area contributed by atoms with Crippen LogP contribution in [-0.4, -0.2) is 11.6 Å². The highest BCUT2D eigenvalue weighted by atomic mass is 31.2. The number of rotatable bonds is 3. The van der Waals surface area contributed by atoms with Crippen LogP contribution in [0.25, 0.3) is 0 Å². The smallest absolute Gasteiger partial charge is 0.198 e. The fraction of sp³-hybridized carbons (Fsp3) is 0. The number of fused-ring (bicyclic) bond motifs is 1. The van der Waals surface area contributed by atoms with Gasteiger partial charge in [0, 0.05) is 27.8 Å². The van der Waals surface area contributed by atoms with Crippen LogP contribution >= 0.6 is 7.14 Å². The van der Waals surface area contributed by atoms with Crippen molar-refractivity contribution >= 4 is 29.3 Å². The highest BCUT2D eigenvalue weighted by molar-refractivity contribution is 7.83. The van der Waals surface area contributed by atoms with E-state index >= 15 is 0 Å². The average Bonchev–Trinajstić information content (AvgIpc) is 2.71. The monoisotopic (exact) mass is 358 g/mol. The van der Waals surface area contributed by atoms with E-state index in [1.54, 1.807) is 72.8 Å². The minimum absolute atomic E-state index is 0.0681. The predicted molar refractivity (Wildman–Crippen MR) is 103 cm³/mol. The molecule has 0 bridgehead atoms. The Morgan fingerprint density at radius 1 is 0.577 bits per heavy atom. The summed E-state index contributed by atoms with van der Waals surface area (Å²) >= 11 is 0. The largest absolute Gasteiger partial charge is 0.308 e. The number of hydrogen-bond acceptors (Lipinski definition) is 3. The molecule has 1 aliphatic rings. The van der Waals surface area contributed by atoms with Crippen LogP contribution < -0.4 is 10.6 Å². The van der Waals surface area contributed by atoms with E-state index in [1.165, 1.54) is 6.08 Å². The lowest BCUT2D eigenvalue weighted by atomic mass is 9.95. The Morgan fingerprint density at radius 2 is 1.04 bits per heavy atom. The minimum Gasteiger partial charge on any atom is -0.308 e. The first-order valence-electron chi connectivity index (χ1n) is 8.24. The molecule has 0 aliphatic heterocycles. The van der Waals surface area contributed by atoms with Crippen molar-refractivity contribution in [3.8, 4) is 0 Å². The second-order valence-electron chi connectivity index (χ2n) is 6.05. The molecule has 0 amide bonds.